The number of hydrogen-bond acceptors (Lipinski definition) is 15. The van der Waals surface area contributed by atoms with Crippen molar-refractivity contribution in [2.75, 3.05) is 31.3 Å². The normalized spacial score (nSPS) is 30.4. The number of nitrogens with two attached hydrogens (primary N) is 2. The molecule has 4 aromatic rings. The standard InChI is InChI=1S/C22H27F2N10O8PS/c23-11-10(2-5-35)41-19(34-17-12(31-32-34)18(36)30-21(26)29-17)13(11)42-43(38,44)40-6-3-22(37)7-39-20(14(22)24)33-4-1-9-15(25)27-8-28-16(9)33/h1,4,8,10-11,13-14,19-20,35,37H,2-3,5-7H2,(H,38,44)(H2,25,27,28)(H3,26,29,30,36)/t10-,11+,13-,14-,19-,20-,22+,43?/m1/s1. The number of aromatic nitrogens is 8. The minimum atomic E-state index is -4.29. The number of nitrogens with one attached hydrogen (secondary N) is 1. The lowest BCUT2D eigenvalue weighted by atomic mass is 9.96. The molecule has 0 amide bonds. The summed E-state index contributed by atoms with van der Waals surface area (Å²) in [5.74, 6) is -0.0795. The van der Waals surface area contributed by atoms with Gasteiger partial charge in [-0.05, 0) is 24.3 Å². The number of H-pyrrole nitrogens is 1. The zero-order chi connectivity index (χ0) is 31.4. The van der Waals surface area contributed by atoms with E-state index in [4.69, 9.17) is 41.8 Å². The number of fused-ring (bicyclic) bond motifs is 2. The van der Waals surface area contributed by atoms with E-state index in [-0.39, 0.29) is 35.8 Å². The monoisotopic (exact) mass is 660 g/mol. The molecule has 0 saturated carbocycles. The highest BCUT2D eigenvalue weighted by molar-refractivity contribution is 8.07. The molecule has 2 saturated heterocycles. The first-order chi connectivity index (χ1) is 20.9. The quantitative estimate of drug-likeness (QED) is 0.115. The molecule has 44 heavy (non-hydrogen) atoms. The Balaban J connectivity index is 1.15. The maximum absolute atomic E-state index is 15.6. The van der Waals surface area contributed by atoms with E-state index in [0.717, 1.165) is 4.68 Å². The fraction of sp³-hybridized carbons (Fsp3) is 0.545. The Morgan fingerprint density at radius 3 is 2.84 bits per heavy atom. The van der Waals surface area contributed by atoms with Crippen molar-refractivity contribution >= 4 is 52.5 Å². The predicted molar refractivity (Wildman–Crippen MR) is 150 cm³/mol. The van der Waals surface area contributed by atoms with E-state index in [9.17, 15) is 19.9 Å². The van der Waals surface area contributed by atoms with Gasteiger partial charge in [-0.2, -0.15) is 9.67 Å². The van der Waals surface area contributed by atoms with Gasteiger partial charge in [0.05, 0.1) is 24.7 Å². The molecule has 4 aromatic heterocycles. The molecule has 8 atom stereocenters. The van der Waals surface area contributed by atoms with Gasteiger partial charge in [-0.25, -0.2) is 18.7 Å². The average Bonchev–Trinajstić information content (AvgIpc) is 3.71. The third-order valence-corrected chi connectivity index (χ3v) is 8.99. The number of rotatable bonds is 10. The summed E-state index contributed by atoms with van der Waals surface area (Å²) in [6, 6.07) is 1.59. The molecule has 0 bridgehead atoms. The lowest BCUT2D eigenvalue weighted by molar-refractivity contribution is -0.0481. The number of aliphatic hydroxyl groups excluding tert-OH is 1. The van der Waals surface area contributed by atoms with E-state index in [1.807, 2.05) is 0 Å². The fourth-order valence-corrected chi connectivity index (χ4v) is 6.63. The number of aliphatic hydroxyl groups is 2. The third-order valence-electron chi connectivity index (χ3n) is 7.40. The van der Waals surface area contributed by atoms with Crippen LogP contribution in [-0.2, 0) is 30.3 Å². The number of ether oxygens (including phenoxy) is 2. The molecule has 2 aliphatic rings. The van der Waals surface area contributed by atoms with Gasteiger partial charge < -0.3 is 45.1 Å². The van der Waals surface area contributed by atoms with Crippen molar-refractivity contribution in [3.05, 3.63) is 28.9 Å². The smallest absolute Gasteiger partial charge is 0.325 e. The molecule has 18 nitrogen and oxygen atoms in total. The van der Waals surface area contributed by atoms with Crippen LogP contribution in [0.3, 0.4) is 0 Å². The highest BCUT2D eigenvalue weighted by atomic mass is 32.5. The summed E-state index contributed by atoms with van der Waals surface area (Å²) in [5, 5.41) is 28.4. The molecule has 6 heterocycles. The first kappa shape index (κ1) is 30.7. The topological polar surface area (TPSA) is 257 Å². The highest BCUT2D eigenvalue weighted by Gasteiger charge is 2.52. The Labute approximate surface area is 250 Å². The summed E-state index contributed by atoms with van der Waals surface area (Å²) in [7, 11) is 0. The molecule has 2 aliphatic heterocycles. The Bertz CT molecular complexity index is 1790. The van der Waals surface area contributed by atoms with Crippen LogP contribution in [0, 0.1) is 0 Å². The first-order valence-electron chi connectivity index (χ1n) is 13.1. The second-order valence-corrected chi connectivity index (χ2v) is 13.0. The van der Waals surface area contributed by atoms with Gasteiger partial charge in [0, 0.05) is 19.2 Å². The van der Waals surface area contributed by atoms with Crippen LogP contribution in [0.25, 0.3) is 22.2 Å². The summed E-state index contributed by atoms with van der Waals surface area (Å²) in [6.45, 7) is -5.66. The summed E-state index contributed by atoms with van der Waals surface area (Å²) < 4.78 is 55.5. The fourth-order valence-electron chi connectivity index (χ4n) is 5.20. The maximum atomic E-state index is 15.6. The molecule has 0 aromatic carbocycles. The van der Waals surface area contributed by atoms with Crippen molar-refractivity contribution in [1.82, 2.24) is 39.5 Å². The number of aromatic amines is 1. The van der Waals surface area contributed by atoms with Crippen LogP contribution in [0.4, 0.5) is 20.5 Å². The van der Waals surface area contributed by atoms with Crippen molar-refractivity contribution < 1.29 is 42.4 Å². The molecular weight excluding hydrogens is 633 g/mol. The predicted octanol–water partition coefficient (Wildman–Crippen LogP) is -0.651. The number of nitrogens with zero attached hydrogens (tertiary/aromatic N) is 7. The van der Waals surface area contributed by atoms with Gasteiger partial charge >= 0.3 is 6.72 Å². The van der Waals surface area contributed by atoms with E-state index >= 15 is 8.78 Å². The first-order valence-corrected chi connectivity index (χ1v) is 15.7. The maximum Gasteiger partial charge on any atom is 0.325 e. The van der Waals surface area contributed by atoms with E-state index in [1.54, 1.807) is 6.07 Å². The average molecular weight is 661 g/mol. The minimum Gasteiger partial charge on any atom is -0.396 e. The zero-order valence-corrected chi connectivity index (χ0v) is 24.2. The lowest BCUT2D eigenvalue weighted by Gasteiger charge is -2.27. The number of hydrogen-bond donors (Lipinski definition) is 6. The van der Waals surface area contributed by atoms with Gasteiger partial charge in [0.15, 0.2) is 36.0 Å². The van der Waals surface area contributed by atoms with E-state index in [2.05, 4.69) is 30.2 Å². The van der Waals surface area contributed by atoms with Gasteiger partial charge in [0.2, 0.25) is 5.95 Å². The lowest BCUT2D eigenvalue weighted by Crippen LogP contribution is -2.41. The molecule has 0 aliphatic carbocycles. The molecule has 6 rings (SSSR count). The van der Waals surface area contributed by atoms with Gasteiger partial charge in [0.25, 0.3) is 5.56 Å². The van der Waals surface area contributed by atoms with Crippen molar-refractivity contribution in [2.45, 2.75) is 55.4 Å². The second-order valence-electron chi connectivity index (χ2n) is 10.2. The SMILES string of the molecule is Nc1nc2c(nnn2[C@@H]2O[C@H](CCO)[C@H](F)[C@H]2OP(O)(=S)OCC[C@]2(O)CO[C@@H](n3ccc4c(N)ncnc43)[C@H]2F)c(=O)[nH]1. The largest absolute Gasteiger partial charge is 0.396 e. The molecule has 8 N–H and O–H groups in total. The number of anilines is 2. The minimum absolute atomic E-state index is 0.156. The van der Waals surface area contributed by atoms with Crippen LogP contribution in [0.1, 0.15) is 25.3 Å². The zero-order valence-electron chi connectivity index (χ0n) is 22.5. The van der Waals surface area contributed by atoms with Gasteiger partial charge in [-0.3, -0.25) is 14.3 Å². The van der Waals surface area contributed by atoms with Gasteiger partial charge in [-0.1, -0.05) is 5.21 Å². The molecule has 238 valence electrons. The molecular formula is C22H27F2N10O8PS. The molecule has 0 spiro atoms. The Morgan fingerprint density at radius 2 is 2.07 bits per heavy atom. The Morgan fingerprint density at radius 1 is 1.27 bits per heavy atom. The summed E-state index contributed by atoms with van der Waals surface area (Å²) in [5.41, 5.74) is 8.63. The Kier molecular flexibility index (Phi) is 8.09. The van der Waals surface area contributed by atoms with Crippen LogP contribution < -0.4 is 17.0 Å². The van der Waals surface area contributed by atoms with Crippen LogP contribution >= 0.6 is 6.72 Å². The molecule has 0 radical (unpaired) electrons. The molecule has 2 fully saturated rings. The van der Waals surface area contributed by atoms with Crippen molar-refractivity contribution in [3.63, 3.8) is 0 Å². The van der Waals surface area contributed by atoms with Crippen molar-refractivity contribution in [1.29, 1.82) is 0 Å². The summed E-state index contributed by atoms with van der Waals surface area (Å²) in [6.07, 6.45) is -7.34. The van der Waals surface area contributed by atoms with Crippen molar-refractivity contribution in [3.8, 4) is 0 Å². The number of nitrogen functional groups attached to an aromatic ring is 2. The number of halogens is 2. The highest BCUT2D eigenvalue weighted by Crippen LogP contribution is 2.51. The summed E-state index contributed by atoms with van der Waals surface area (Å²) >= 11 is 5.09. The number of alkyl halides is 2. The van der Waals surface area contributed by atoms with E-state index in [1.165, 1.54) is 17.1 Å². The second kappa shape index (κ2) is 11.6. The summed E-state index contributed by atoms with van der Waals surface area (Å²) in [4.78, 5) is 37.3. The Hall–Kier alpha value is -3.27. The van der Waals surface area contributed by atoms with Gasteiger partial charge in [-0.15, -0.1) is 5.10 Å². The van der Waals surface area contributed by atoms with Crippen molar-refractivity contribution in [2.24, 2.45) is 0 Å². The van der Waals surface area contributed by atoms with Gasteiger partial charge in [0.1, 0.15) is 29.5 Å². The van der Waals surface area contributed by atoms with Crippen LogP contribution in [0.15, 0.2) is 23.4 Å². The van der Waals surface area contributed by atoms with Crippen LogP contribution in [0.2, 0.25) is 0 Å². The molecule has 22 heteroatoms. The van der Waals surface area contributed by atoms with E-state index < -0.39 is 74.7 Å². The van der Waals surface area contributed by atoms with E-state index in [0.29, 0.717) is 11.0 Å². The van der Waals surface area contributed by atoms with Crippen LogP contribution in [0.5, 0.6) is 0 Å². The van der Waals surface area contributed by atoms with Crippen LogP contribution in [-0.4, -0.2) is 105 Å². The third kappa shape index (κ3) is 5.43. The molecule has 1 unspecified atom stereocenters.